The van der Waals surface area contributed by atoms with Crippen LogP contribution < -0.4 is 9.47 Å². The molecule has 31 heavy (non-hydrogen) atoms. The van der Waals surface area contributed by atoms with E-state index in [0.29, 0.717) is 17.8 Å². The second-order valence-corrected chi connectivity index (χ2v) is 6.67. The summed E-state index contributed by atoms with van der Waals surface area (Å²) in [5.41, 5.74) is 2.94. The largest absolute Gasteiger partial charge is 0.573 e. The highest BCUT2D eigenvalue weighted by Crippen LogP contribution is 2.27. The molecule has 2 heterocycles. The summed E-state index contributed by atoms with van der Waals surface area (Å²) in [6.07, 6.45) is -4.75. The number of hydrogen-bond donors (Lipinski definition) is 0. The van der Waals surface area contributed by atoms with Crippen LogP contribution in [0.25, 0.3) is 23.0 Å². The second-order valence-electron chi connectivity index (χ2n) is 6.67. The number of alkyl halides is 3. The molecule has 0 N–H and O–H groups in total. The van der Waals surface area contributed by atoms with Gasteiger partial charge in [0.2, 0.25) is 5.82 Å². The Hall–Kier alpha value is -3.82. The third-order valence-electron chi connectivity index (χ3n) is 4.46. The molecule has 4 aromatic rings. The summed E-state index contributed by atoms with van der Waals surface area (Å²) in [4.78, 5) is 4.31. The van der Waals surface area contributed by atoms with Crippen molar-refractivity contribution in [2.75, 3.05) is 7.11 Å². The first kappa shape index (κ1) is 20.5. The van der Waals surface area contributed by atoms with Gasteiger partial charge in [-0.2, -0.15) is 10.1 Å². The fourth-order valence-electron chi connectivity index (χ4n) is 2.93. The molecule has 0 radical (unpaired) electrons. The molecule has 10 heteroatoms. The van der Waals surface area contributed by atoms with Crippen molar-refractivity contribution in [3.05, 3.63) is 65.9 Å². The Balaban J connectivity index is 1.50. The van der Waals surface area contributed by atoms with Crippen LogP contribution in [0.15, 0.2) is 59.1 Å². The quantitative estimate of drug-likeness (QED) is 0.435. The van der Waals surface area contributed by atoms with Crippen molar-refractivity contribution < 1.29 is 27.2 Å². The van der Waals surface area contributed by atoms with Crippen LogP contribution in [-0.2, 0) is 6.54 Å². The van der Waals surface area contributed by atoms with E-state index in [1.54, 1.807) is 7.11 Å². The number of aryl methyl sites for hydroxylation is 1. The number of hydrogen-bond acceptors (Lipinski definition) is 6. The van der Waals surface area contributed by atoms with Crippen LogP contribution in [-0.4, -0.2) is 33.4 Å². The van der Waals surface area contributed by atoms with E-state index < -0.39 is 6.36 Å². The fraction of sp³-hybridized carbons (Fsp3) is 0.190. The molecule has 0 fully saturated rings. The molecule has 0 saturated carbocycles. The molecular formula is C21H17F3N4O3. The molecule has 160 valence electrons. The normalized spacial score (nSPS) is 11.5. The number of nitrogens with zero attached hydrogens (tertiary/aromatic N) is 4. The summed E-state index contributed by atoms with van der Waals surface area (Å²) in [5, 5.41) is 8.42. The third kappa shape index (κ3) is 4.85. The molecule has 0 atom stereocenters. The maximum Gasteiger partial charge on any atom is 0.573 e. The van der Waals surface area contributed by atoms with Crippen LogP contribution in [0, 0.1) is 6.92 Å². The van der Waals surface area contributed by atoms with E-state index in [0.717, 1.165) is 17.0 Å². The standard InChI is InChI=1S/C21H17F3N4O3/c1-13-11-18(26-28(13)12-14-3-7-16(29-2)8-4-14)20-25-19(27-31-20)15-5-9-17(10-6-15)30-21(22,23)24/h3-11H,12H2,1-2H3. The first-order valence-corrected chi connectivity index (χ1v) is 9.18. The molecule has 0 saturated heterocycles. The van der Waals surface area contributed by atoms with E-state index >= 15 is 0 Å². The van der Waals surface area contributed by atoms with E-state index in [2.05, 4.69) is 20.0 Å². The molecule has 0 unspecified atom stereocenters. The number of methoxy groups -OCH3 is 1. The Morgan fingerprint density at radius 3 is 2.32 bits per heavy atom. The van der Waals surface area contributed by atoms with Gasteiger partial charge in [0.1, 0.15) is 11.5 Å². The lowest BCUT2D eigenvalue weighted by atomic mass is 10.2. The summed E-state index contributed by atoms with van der Waals surface area (Å²) in [6, 6.07) is 14.7. The summed E-state index contributed by atoms with van der Waals surface area (Å²) in [6.45, 7) is 2.47. The molecule has 0 spiro atoms. The van der Waals surface area contributed by atoms with Crippen molar-refractivity contribution in [1.82, 2.24) is 19.9 Å². The van der Waals surface area contributed by atoms with E-state index in [1.165, 1.54) is 24.3 Å². The van der Waals surface area contributed by atoms with Gasteiger partial charge in [-0.15, -0.1) is 13.2 Å². The smallest absolute Gasteiger partial charge is 0.497 e. The fourth-order valence-corrected chi connectivity index (χ4v) is 2.93. The van der Waals surface area contributed by atoms with Gasteiger partial charge in [-0.25, -0.2) is 0 Å². The zero-order valence-corrected chi connectivity index (χ0v) is 16.6. The first-order chi connectivity index (χ1) is 14.8. The molecule has 4 rings (SSSR count). The Labute approximate surface area is 175 Å². The van der Waals surface area contributed by atoms with E-state index in [9.17, 15) is 13.2 Å². The van der Waals surface area contributed by atoms with Gasteiger partial charge >= 0.3 is 6.36 Å². The molecule has 0 bridgehead atoms. The van der Waals surface area contributed by atoms with E-state index in [-0.39, 0.29) is 17.5 Å². The minimum atomic E-state index is -4.75. The second kappa shape index (κ2) is 8.13. The van der Waals surface area contributed by atoms with Crippen LogP contribution in [0.2, 0.25) is 0 Å². The number of aromatic nitrogens is 4. The minimum absolute atomic E-state index is 0.210. The molecule has 2 aromatic heterocycles. The van der Waals surface area contributed by atoms with E-state index in [4.69, 9.17) is 9.26 Å². The van der Waals surface area contributed by atoms with Gasteiger partial charge in [0.15, 0.2) is 5.69 Å². The van der Waals surface area contributed by atoms with Gasteiger partial charge in [0.25, 0.3) is 5.89 Å². The number of halogens is 3. The Bertz CT molecular complexity index is 1170. The summed E-state index contributed by atoms with van der Waals surface area (Å²) < 4.78 is 53.0. The molecule has 2 aromatic carbocycles. The number of rotatable bonds is 6. The highest BCUT2D eigenvalue weighted by atomic mass is 19.4. The van der Waals surface area contributed by atoms with Gasteiger partial charge in [-0.05, 0) is 55.0 Å². The van der Waals surface area contributed by atoms with Crippen LogP contribution in [0.5, 0.6) is 11.5 Å². The lowest BCUT2D eigenvalue weighted by molar-refractivity contribution is -0.274. The summed E-state index contributed by atoms with van der Waals surface area (Å²) >= 11 is 0. The van der Waals surface area contributed by atoms with Crippen molar-refractivity contribution in [1.29, 1.82) is 0 Å². The minimum Gasteiger partial charge on any atom is -0.497 e. The van der Waals surface area contributed by atoms with Gasteiger partial charge in [0, 0.05) is 11.3 Å². The predicted molar refractivity (Wildman–Crippen MR) is 104 cm³/mol. The van der Waals surface area contributed by atoms with Crippen molar-refractivity contribution >= 4 is 0 Å². The third-order valence-corrected chi connectivity index (χ3v) is 4.46. The Morgan fingerprint density at radius 1 is 1.00 bits per heavy atom. The maximum absolute atomic E-state index is 12.3. The van der Waals surface area contributed by atoms with Crippen LogP contribution in [0.3, 0.4) is 0 Å². The van der Waals surface area contributed by atoms with Crippen molar-refractivity contribution in [3.63, 3.8) is 0 Å². The predicted octanol–water partition coefficient (Wildman–Crippen LogP) is 4.86. The molecular weight excluding hydrogens is 413 g/mol. The molecule has 7 nitrogen and oxygen atoms in total. The summed E-state index contributed by atoms with van der Waals surface area (Å²) in [7, 11) is 1.61. The lowest BCUT2D eigenvalue weighted by Gasteiger charge is -2.08. The SMILES string of the molecule is COc1ccc(Cn2nc(-c3nc(-c4ccc(OC(F)(F)F)cc4)no3)cc2C)cc1. The zero-order chi connectivity index (χ0) is 22.0. The number of benzene rings is 2. The molecule has 0 aliphatic heterocycles. The van der Waals surface area contributed by atoms with Crippen molar-refractivity contribution in [2.24, 2.45) is 0 Å². The summed E-state index contributed by atoms with van der Waals surface area (Å²) in [5.74, 6) is 0.893. The van der Waals surface area contributed by atoms with Gasteiger partial charge < -0.3 is 14.0 Å². The Morgan fingerprint density at radius 2 is 1.68 bits per heavy atom. The van der Waals surface area contributed by atoms with Crippen molar-refractivity contribution in [2.45, 2.75) is 19.8 Å². The zero-order valence-electron chi connectivity index (χ0n) is 16.6. The highest BCUT2D eigenvalue weighted by Gasteiger charge is 2.31. The van der Waals surface area contributed by atoms with Crippen molar-refractivity contribution in [3.8, 4) is 34.5 Å². The Kier molecular flexibility index (Phi) is 5.37. The molecule has 0 aliphatic rings. The topological polar surface area (TPSA) is 75.2 Å². The van der Waals surface area contributed by atoms with Gasteiger partial charge in [-0.1, -0.05) is 17.3 Å². The van der Waals surface area contributed by atoms with Gasteiger partial charge in [-0.3, -0.25) is 4.68 Å². The monoisotopic (exact) mass is 430 g/mol. The average molecular weight is 430 g/mol. The van der Waals surface area contributed by atoms with Crippen LogP contribution >= 0.6 is 0 Å². The van der Waals surface area contributed by atoms with Gasteiger partial charge in [0.05, 0.1) is 13.7 Å². The van der Waals surface area contributed by atoms with Crippen LogP contribution in [0.4, 0.5) is 13.2 Å². The van der Waals surface area contributed by atoms with E-state index in [1.807, 2.05) is 41.9 Å². The molecule has 0 amide bonds. The van der Waals surface area contributed by atoms with Crippen LogP contribution in [0.1, 0.15) is 11.3 Å². The maximum atomic E-state index is 12.3. The molecule has 0 aliphatic carbocycles. The highest BCUT2D eigenvalue weighted by molar-refractivity contribution is 5.58. The number of ether oxygens (including phenoxy) is 2. The first-order valence-electron chi connectivity index (χ1n) is 9.18. The average Bonchev–Trinajstić information content (AvgIpc) is 3.35. The lowest BCUT2D eigenvalue weighted by Crippen LogP contribution is -2.16.